The summed E-state index contributed by atoms with van der Waals surface area (Å²) in [6.45, 7) is 0.591. The molecule has 1 atom stereocenters. The number of hydrogen-bond acceptors (Lipinski definition) is 2. The highest BCUT2D eigenvalue weighted by Gasteiger charge is 2.24. The van der Waals surface area contributed by atoms with Crippen LogP contribution in [0.1, 0.15) is 22.7 Å². The molecule has 1 heterocycles. The third-order valence-corrected chi connectivity index (χ3v) is 3.94. The number of benzene rings is 2. The van der Waals surface area contributed by atoms with Gasteiger partial charge in [0.25, 0.3) is 0 Å². The van der Waals surface area contributed by atoms with Crippen molar-refractivity contribution in [2.45, 2.75) is 12.5 Å². The Labute approximate surface area is 126 Å². The zero-order chi connectivity index (χ0) is 14.3. The monoisotopic (exact) mass is 311 g/mol. The van der Waals surface area contributed by atoms with Crippen molar-refractivity contribution in [3.8, 4) is 5.75 Å². The Balaban J connectivity index is 2.11. The van der Waals surface area contributed by atoms with Crippen LogP contribution in [-0.4, -0.2) is 6.61 Å². The van der Waals surface area contributed by atoms with Crippen LogP contribution in [0.3, 0.4) is 0 Å². The molecule has 1 aliphatic rings. The lowest BCUT2D eigenvalue weighted by molar-refractivity contribution is 0.352. The lowest BCUT2D eigenvalue weighted by atomic mass is 9.96. The van der Waals surface area contributed by atoms with Crippen LogP contribution in [0.25, 0.3) is 0 Å². The van der Waals surface area contributed by atoms with E-state index in [0.717, 1.165) is 12.0 Å². The van der Waals surface area contributed by atoms with Crippen LogP contribution in [-0.2, 0) is 6.42 Å². The summed E-state index contributed by atoms with van der Waals surface area (Å²) in [6.07, 6.45) is 0.785. The molecule has 2 nitrogen and oxygen atoms in total. The van der Waals surface area contributed by atoms with E-state index in [9.17, 15) is 4.39 Å². The Morgan fingerprint density at radius 2 is 2.00 bits per heavy atom. The first-order chi connectivity index (χ1) is 9.58. The highest BCUT2D eigenvalue weighted by Crippen LogP contribution is 2.38. The van der Waals surface area contributed by atoms with Crippen LogP contribution in [0.5, 0.6) is 5.75 Å². The van der Waals surface area contributed by atoms with E-state index in [1.807, 2.05) is 6.07 Å². The standard InChI is InChI=1S/C15H12Cl2FNO/c16-9-6-8-4-5-20-15(8)11(7-9)14(19)10-2-1-3-12(17)13(10)18/h1-3,6-7,14H,4-5,19H2. The fourth-order valence-electron chi connectivity index (χ4n) is 2.46. The van der Waals surface area contributed by atoms with Crippen molar-refractivity contribution in [3.63, 3.8) is 0 Å². The van der Waals surface area contributed by atoms with Crippen LogP contribution in [0, 0.1) is 5.82 Å². The van der Waals surface area contributed by atoms with Gasteiger partial charge in [-0.3, -0.25) is 0 Å². The molecular weight excluding hydrogens is 300 g/mol. The molecule has 3 rings (SSSR count). The second-order valence-electron chi connectivity index (χ2n) is 4.70. The molecule has 0 bridgehead atoms. The summed E-state index contributed by atoms with van der Waals surface area (Å²) in [5, 5.41) is 0.625. The smallest absolute Gasteiger partial charge is 0.146 e. The molecule has 1 unspecified atom stereocenters. The highest BCUT2D eigenvalue weighted by molar-refractivity contribution is 6.31. The van der Waals surface area contributed by atoms with Gasteiger partial charge in [-0.05, 0) is 23.8 Å². The number of ether oxygens (including phenoxy) is 1. The lowest BCUT2D eigenvalue weighted by Gasteiger charge is -2.17. The minimum Gasteiger partial charge on any atom is -0.493 e. The van der Waals surface area contributed by atoms with E-state index >= 15 is 0 Å². The largest absolute Gasteiger partial charge is 0.493 e. The average molecular weight is 312 g/mol. The summed E-state index contributed by atoms with van der Waals surface area (Å²) < 4.78 is 19.7. The highest BCUT2D eigenvalue weighted by atomic mass is 35.5. The van der Waals surface area contributed by atoms with Gasteiger partial charge in [-0.2, -0.15) is 0 Å². The second-order valence-corrected chi connectivity index (χ2v) is 5.55. The number of halogens is 3. The van der Waals surface area contributed by atoms with Crippen molar-refractivity contribution >= 4 is 23.2 Å². The molecule has 104 valence electrons. The summed E-state index contributed by atoms with van der Waals surface area (Å²) in [4.78, 5) is 0. The van der Waals surface area contributed by atoms with Gasteiger partial charge in [0, 0.05) is 22.6 Å². The molecule has 0 saturated carbocycles. The number of rotatable bonds is 2. The molecule has 5 heteroatoms. The first kappa shape index (κ1) is 13.7. The zero-order valence-electron chi connectivity index (χ0n) is 10.5. The molecule has 0 saturated heterocycles. The van der Waals surface area contributed by atoms with E-state index < -0.39 is 11.9 Å². The van der Waals surface area contributed by atoms with Crippen LogP contribution < -0.4 is 10.5 Å². The second kappa shape index (κ2) is 5.24. The fraction of sp³-hybridized carbons (Fsp3) is 0.200. The van der Waals surface area contributed by atoms with E-state index in [2.05, 4.69) is 0 Å². The van der Waals surface area contributed by atoms with Gasteiger partial charge in [-0.25, -0.2) is 4.39 Å². The molecule has 0 spiro atoms. The normalized spacial score (nSPS) is 14.8. The minimum atomic E-state index is -0.667. The summed E-state index contributed by atoms with van der Waals surface area (Å²) in [5.74, 6) is 0.203. The average Bonchev–Trinajstić information content (AvgIpc) is 2.88. The van der Waals surface area contributed by atoms with E-state index in [4.69, 9.17) is 33.7 Å². The van der Waals surface area contributed by atoms with E-state index in [-0.39, 0.29) is 5.02 Å². The van der Waals surface area contributed by atoms with Crippen molar-refractivity contribution in [1.82, 2.24) is 0 Å². The van der Waals surface area contributed by atoms with Gasteiger partial charge in [0.15, 0.2) is 0 Å². The van der Waals surface area contributed by atoms with Gasteiger partial charge in [-0.1, -0.05) is 35.3 Å². The summed E-state index contributed by atoms with van der Waals surface area (Å²) in [7, 11) is 0. The third kappa shape index (κ3) is 2.26. The van der Waals surface area contributed by atoms with Crippen molar-refractivity contribution < 1.29 is 9.13 Å². The van der Waals surface area contributed by atoms with Crippen molar-refractivity contribution in [2.24, 2.45) is 5.73 Å². The van der Waals surface area contributed by atoms with Gasteiger partial charge in [0.2, 0.25) is 0 Å². The maximum absolute atomic E-state index is 14.1. The van der Waals surface area contributed by atoms with E-state index in [0.29, 0.717) is 28.5 Å². The van der Waals surface area contributed by atoms with Crippen LogP contribution in [0.2, 0.25) is 10.0 Å². The first-order valence-corrected chi connectivity index (χ1v) is 6.98. The third-order valence-electron chi connectivity index (χ3n) is 3.43. The molecule has 0 aliphatic carbocycles. The van der Waals surface area contributed by atoms with Crippen molar-refractivity contribution in [2.75, 3.05) is 6.61 Å². The molecule has 0 radical (unpaired) electrons. The number of hydrogen-bond donors (Lipinski definition) is 1. The van der Waals surface area contributed by atoms with Gasteiger partial charge in [0.05, 0.1) is 17.7 Å². The Kier molecular flexibility index (Phi) is 3.59. The fourth-order valence-corrected chi connectivity index (χ4v) is 2.89. The zero-order valence-corrected chi connectivity index (χ0v) is 12.0. The quantitative estimate of drug-likeness (QED) is 0.905. The molecule has 1 aliphatic heterocycles. The van der Waals surface area contributed by atoms with Gasteiger partial charge < -0.3 is 10.5 Å². The molecule has 0 amide bonds. The molecule has 2 aromatic carbocycles. The molecular formula is C15H12Cl2FNO. The predicted molar refractivity (Wildman–Crippen MR) is 78.1 cm³/mol. The lowest BCUT2D eigenvalue weighted by Crippen LogP contribution is -2.15. The van der Waals surface area contributed by atoms with Crippen LogP contribution >= 0.6 is 23.2 Å². The summed E-state index contributed by atoms with van der Waals surface area (Å²) in [5.41, 5.74) is 8.21. The SMILES string of the molecule is NC(c1cccc(Cl)c1F)c1cc(Cl)cc2c1OCC2. The maximum atomic E-state index is 14.1. The van der Waals surface area contributed by atoms with Gasteiger partial charge in [-0.15, -0.1) is 0 Å². The Bertz CT molecular complexity index is 675. The Morgan fingerprint density at radius 3 is 2.80 bits per heavy atom. The predicted octanol–water partition coefficient (Wildman–Crippen LogP) is 4.12. The van der Waals surface area contributed by atoms with Crippen molar-refractivity contribution in [1.29, 1.82) is 0 Å². The van der Waals surface area contributed by atoms with E-state index in [1.165, 1.54) is 6.07 Å². The summed E-state index contributed by atoms with van der Waals surface area (Å²) >= 11 is 11.9. The molecule has 20 heavy (non-hydrogen) atoms. The topological polar surface area (TPSA) is 35.2 Å². The van der Waals surface area contributed by atoms with E-state index in [1.54, 1.807) is 18.2 Å². The summed E-state index contributed by atoms with van der Waals surface area (Å²) in [6, 6.07) is 7.69. The molecule has 2 aromatic rings. The Morgan fingerprint density at radius 1 is 1.20 bits per heavy atom. The van der Waals surface area contributed by atoms with Gasteiger partial charge in [0.1, 0.15) is 11.6 Å². The van der Waals surface area contributed by atoms with Crippen molar-refractivity contribution in [3.05, 3.63) is 62.9 Å². The number of nitrogens with two attached hydrogens (primary N) is 1. The molecule has 0 aromatic heterocycles. The Hall–Kier alpha value is -1.29. The first-order valence-electron chi connectivity index (χ1n) is 6.22. The molecule has 0 fully saturated rings. The minimum absolute atomic E-state index is 0.0533. The number of fused-ring (bicyclic) bond motifs is 1. The maximum Gasteiger partial charge on any atom is 0.146 e. The molecule has 2 N–H and O–H groups in total. The van der Waals surface area contributed by atoms with Crippen LogP contribution in [0.4, 0.5) is 4.39 Å². The van der Waals surface area contributed by atoms with Gasteiger partial charge >= 0.3 is 0 Å². The van der Waals surface area contributed by atoms with Crippen LogP contribution in [0.15, 0.2) is 30.3 Å².